The Morgan fingerprint density at radius 3 is 2.19 bits per heavy atom. The highest BCUT2D eigenvalue weighted by atomic mass is 35.5. The molecule has 0 aliphatic heterocycles. The summed E-state index contributed by atoms with van der Waals surface area (Å²) in [5.41, 5.74) is 2.50. The molecule has 11 heteroatoms. The zero-order valence-electron chi connectivity index (χ0n) is 27.9. The molecule has 48 heavy (non-hydrogen) atoms. The lowest BCUT2D eigenvalue weighted by atomic mass is 10.0. The number of nitrogens with zero attached hydrogens (tertiary/aromatic N) is 2. The molecule has 0 bridgehead atoms. The molecule has 1 N–H and O–H groups in total. The van der Waals surface area contributed by atoms with Crippen molar-refractivity contribution in [2.75, 3.05) is 25.1 Å². The summed E-state index contributed by atoms with van der Waals surface area (Å²) in [7, 11) is -1.45. The Morgan fingerprint density at radius 1 is 0.875 bits per heavy atom. The van der Waals surface area contributed by atoms with E-state index in [-0.39, 0.29) is 41.2 Å². The molecular formula is C37H42ClN3O6S. The van der Waals surface area contributed by atoms with Crippen molar-refractivity contribution in [3.05, 3.63) is 119 Å². The lowest BCUT2D eigenvalue weighted by Gasteiger charge is -2.34. The third kappa shape index (κ3) is 9.08. The van der Waals surface area contributed by atoms with E-state index in [1.807, 2.05) is 57.2 Å². The first-order chi connectivity index (χ1) is 23.0. The summed E-state index contributed by atoms with van der Waals surface area (Å²) in [6.45, 7) is 5.07. The quantitative estimate of drug-likeness (QED) is 0.154. The molecule has 0 saturated carbocycles. The zero-order chi connectivity index (χ0) is 34.8. The Labute approximate surface area is 288 Å². The predicted octanol–water partition coefficient (Wildman–Crippen LogP) is 6.42. The molecule has 0 aromatic heterocycles. The van der Waals surface area contributed by atoms with E-state index >= 15 is 0 Å². The molecule has 9 nitrogen and oxygen atoms in total. The van der Waals surface area contributed by atoms with Gasteiger partial charge in [0.15, 0.2) is 0 Å². The van der Waals surface area contributed by atoms with E-state index in [4.69, 9.17) is 21.1 Å². The van der Waals surface area contributed by atoms with Crippen molar-refractivity contribution in [2.24, 2.45) is 0 Å². The number of ether oxygens (including phenoxy) is 2. The van der Waals surface area contributed by atoms with Crippen LogP contribution in [0.25, 0.3) is 0 Å². The summed E-state index contributed by atoms with van der Waals surface area (Å²) in [5, 5.41) is 3.50. The number of halogens is 1. The van der Waals surface area contributed by atoms with Crippen molar-refractivity contribution in [1.82, 2.24) is 10.2 Å². The monoisotopic (exact) mass is 691 g/mol. The van der Waals surface area contributed by atoms with Crippen LogP contribution < -0.4 is 19.1 Å². The van der Waals surface area contributed by atoms with Gasteiger partial charge in [-0.3, -0.25) is 13.9 Å². The van der Waals surface area contributed by atoms with Gasteiger partial charge >= 0.3 is 0 Å². The van der Waals surface area contributed by atoms with Crippen LogP contribution in [-0.2, 0) is 32.6 Å². The van der Waals surface area contributed by atoms with Crippen LogP contribution >= 0.6 is 11.6 Å². The number of carbonyl (C=O) groups is 2. The molecule has 0 unspecified atom stereocenters. The Morgan fingerprint density at radius 2 is 1.56 bits per heavy atom. The van der Waals surface area contributed by atoms with Crippen LogP contribution in [0.5, 0.6) is 11.5 Å². The van der Waals surface area contributed by atoms with Crippen LogP contribution in [0.1, 0.15) is 37.0 Å². The lowest BCUT2D eigenvalue weighted by Crippen LogP contribution is -2.54. The summed E-state index contributed by atoms with van der Waals surface area (Å²) in [4.78, 5) is 30.2. The normalized spacial score (nSPS) is 12.5. The number of carbonyl (C=O) groups excluding carboxylic acids is 2. The number of methoxy groups -OCH3 is 2. The van der Waals surface area contributed by atoms with Gasteiger partial charge in [0.25, 0.3) is 10.0 Å². The number of nitrogens with one attached hydrogen (secondary N) is 1. The number of hydrogen-bond donors (Lipinski definition) is 1. The summed E-state index contributed by atoms with van der Waals surface area (Å²) in [6, 6.07) is 26.4. The fraction of sp³-hybridized carbons (Fsp3) is 0.297. The molecule has 0 spiro atoms. The molecule has 0 aliphatic rings. The average molecular weight is 692 g/mol. The maximum absolute atomic E-state index is 14.7. The Kier molecular flexibility index (Phi) is 12.5. The molecule has 0 aliphatic carbocycles. The third-order valence-corrected chi connectivity index (χ3v) is 10.1. The van der Waals surface area contributed by atoms with E-state index < -0.39 is 28.5 Å². The van der Waals surface area contributed by atoms with Gasteiger partial charge in [0, 0.05) is 30.1 Å². The van der Waals surface area contributed by atoms with Crippen LogP contribution in [0, 0.1) is 6.92 Å². The van der Waals surface area contributed by atoms with Crippen molar-refractivity contribution < 1.29 is 27.5 Å². The fourth-order valence-electron chi connectivity index (χ4n) is 5.17. The van der Waals surface area contributed by atoms with Crippen molar-refractivity contribution in [3.63, 3.8) is 0 Å². The maximum atomic E-state index is 14.7. The minimum absolute atomic E-state index is 0.00150. The standard InChI is InChI=1S/C37H42ClN3O6S/c1-6-27(3)39-37(43)34(22-28-11-8-7-9-12-28)40(24-29-13-10-14-30(38)21-29)36(42)25-41(33-23-31(46-4)17-20-35(33)47-5)48(44,45)32-18-15-26(2)16-19-32/h7-21,23,27,34H,6,22,24-25H2,1-5H3,(H,39,43)/t27-,34-/m1/s1. The third-order valence-electron chi connectivity index (χ3n) is 8.06. The molecule has 2 atom stereocenters. The van der Waals surface area contributed by atoms with E-state index in [1.54, 1.807) is 42.5 Å². The van der Waals surface area contributed by atoms with Gasteiger partial charge in [0.2, 0.25) is 11.8 Å². The Balaban J connectivity index is 1.87. The molecule has 0 radical (unpaired) electrons. The highest BCUT2D eigenvalue weighted by Gasteiger charge is 2.36. The van der Waals surface area contributed by atoms with Crippen molar-refractivity contribution in [2.45, 2.75) is 57.1 Å². The van der Waals surface area contributed by atoms with Gasteiger partial charge in [-0.1, -0.05) is 78.7 Å². The molecule has 0 heterocycles. The minimum Gasteiger partial charge on any atom is -0.497 e. The van der Waals surface area contributed by atoms with Crippen LogP contribution in [0.2, 0.25) is 5.02 Å². The van der Waals surface area contributed by atoms with E-state index in [0.717, 1.165) is 15.4 Å². The SMILES string of the molecule is CC[C@@H](C)NC(=O)[C@@H](Cc1ccccc1)N(Cc1cccc(Cl)c1)C(=O)CN(c1cc(OC)ccc1OC)S(=O)(=O)c1ccc(C)cc1. The minimum atomic E-state index is -4.34. The first kappa shape index (κ1) is 36.3. The van der Waals surface area contributed by atoms with Crippen LogP contribution in [-0.4, -0.2) is 58.0 Å². The first-order valence-corrected chi connectivity index (χ1v) is 17.5. The molecule has 0 fully saturated rings. The number of sulfonamides is 1. The second kappa shape index (κ2) is 16.5. The van der Waals surface area contributed by atoms with Crippen LogP contribution in [0.3, 0.4) is 0 Å². The summed E-state index contributed by atoms with van der Waals surface area (Å²) < 4.78 is 40.8. The van der Waals surface area contributed by atoms with Crippen molar-refractivity contribution in [3.8, 4) is 11.5 Å². The van der Waals surface area contributed by atoms with Crippen molar-refractivity contribution >= 4 is 39.1 Å². The molecule has 254 valence electrons. The highest BCUT2D eigenvalue weighted by Crippen LogP contribution is 2.36. The number of hydrogen-bond acceptors (Lipinski definition) is 6. The van der Waals surface area contributed by atoms with Gasteiger partial charge in [-0.15, -0.1) is 0 Å². The average Bonchev–Trinajstić information content (AvgIpc) is 3.08. The fourth-order valence-corrected chi connectivity index (χ4v) is 6.80. The number of aryl methyl sites for hydroxylation is 1. The number of benzene rings is 4. The lowest BCUT2D eigenvalue weighted by molar-refractivity contribution is -0.140. The number of amides is 2. The van der Waals surface area contributed by atoms with Gasteiger partial charge in [-0.05, 0) is 67.8 Å². The maximum Gasteiger partial charge on any atom is 0.264 e. The van der Waals surface area contributed by atoms with Crippen molar-refractivity contribution in [1.29, 1.82) is 0 Å². The van der Waals surface area contributed by atoms with Gasteiger partial charge in [0.05, 0.1) is 24.8 Å². The van der Waals surface area contributed by atoms with E-state index in [2.05, 4.69) is 5.32 Å². The molecule has 4 aromatic rings. The molecular weight excluding hydrogens is 650 g/mol. The summed E-state index contributed by atoms with van der Waals surface area (Å²) in [6.07, 6.45) is 0.882. The largest absolute Gasteiger partial charge is 0.497 e. The molecule has 4 rings (SSSR count). The first-order valence-electron chi connectivity index (χ1n) is 15.7. The van der Waals surface area contributed by atoms with Gasteiger partial charge in [0.1, 0.15) is 24.1 Å². The summed E-state index contributed by atoms with van der Waals surface area (Å²) in [5.74, 6) is -0.365. The van der Waals surface area contributed by atoms with Gasteiger partial charge < -0.3 is 19.7 Å². The molecule has 0 saturated heterocycles. The predicted molar refractivity (Wildman–Crippen MR) is 189 cm³/mol. The van der Waals surface area contributed by atoms with E-state index in [9.17, 15) is 18.0 Å². The topological polar surface area (TPSA) is 105 Å². The van der Waals surface area contributed by atoms with Crippen LogP contribution in [0.15, 0.2) is 102 Å². The zero-order valence-corrected chi connectivity index (χ0v) is 29.4. The summed E-state index contributed by atoms with van der Waals surface area (Å²) >= 11 is 6.34. The molecule has 4 aromatic carbocycles. The van der Waals surface area contributed by atoms with E-state index in [1.165, 1.54) is 37.3 Å². The van der Waals surface area contributed by atoms with Gasteiger partial charge in [-0.2, -0.15) is 0 Å². The molecule has 2 amide bonds. The Hall–Kier alpha value is -4.54. The van der Waals surface area contributed by atoms with Gasteiger partial charge in [-0.25, -0.2) is 8.42 Å². The Bertz CT molecular complexity index is 1800. The highest BCUT2D eigenvalue weighted by molar-refractivity contribution is 7.92. The van der Waals surface area contributed by atoms with E-state index in [0.29, 0.717) is 22.8 Å². The number of rotatable bonds is 15. The number of anilines is 1. The van der Waals surface area contributed by atoms with Crippen LogP contribution in [0.4, 0.5) is 5.69 Å². The smallest absolute Gasteiger partial charge is 0.264 e. The second-order valence-corrected chi connectivity index (χ2v) is 13.8. The second-order valence-electron chi connectivity index (χ2n) is 11.5.